The number of rotatable bonds is 8. The van der Waals surface area contributed by atoms with Crippen molar-refractivity contribution in [2.45, 2.75) is 12.5 Å². The fourth-order valence-corrected chi connectivity index (χ4v) is 2.99. The number of ketones is 1. The normalized spacial score (nSPS) is 11.5. The topological polar surface area (TPSA) is 81.5 Å². The molecule has 0 aliphatic rings. The minimum atomic E-state index is -0.455. The van der Waals surface area contributed by atoms with E-state index in [2.05, 4.69) is 5.32 Å². The Morgan fingerprint density at radius 3 is 2.46 bits per heavy atom. The van der Waals surface area contributed by atoms with Crippen molar-refractivity contribution in [3.8, 4) is 5.75 Å². The van der Waals surface area contributed by atoms with E-state index in [4.69, 9.17) is 4.74 Å². The van der Waals surface area contributed by atoms with Gasteiger partial charge in [-0.3, -0.25) is 14.9 Å². The summed E-state index contributed by atoms with van der Waals surface area (Å²) in [5.74, 6) is 0.574. The van der Waals surface area contributed by atoms with Crippen LogP contribution in [0.3, 0.4) is 0 Å². The molecule has 6 nitrogen and oxygen atoms in total. The highest BCUT2D eigenvalue weighted by Crippen LogP contribution is 2.31. The van der Waals surface area contributed by atoms with Crippen molar-refractivity contribution in [1.29, 1.82) is 0 Å². The number of non-ortho nitro benzene ring substituents is 1. The Morgan fingerprint density at radius 2 is 1.75 bits per heavy atom. The monoisotopic (exact) mass is 376 g/mol. The molecule has 0 bridgehead atoms. The molecular formula is C22H20N2O4. The average Bonchev–Trinajstić information content (AvgIpc) is 2.74. The van der Waals surface area contributed by atoms with Crippen LogP contribution in [0.2, 0.25) is 0 Å². The Balaban J connectivity index is 1.95. The van der Waals surface area contributed by atoms with Gasteiger partial charge in [-0.05, 0) is 17.7 Å². The molecule has 3 aromatic carbocycles. The molecule has 0 aliphatic heterocycles. The van der Waals surface area contributed by atoms with Gasteiger partial charge in [-0.25, -0.2) is 0 Å². The molecule has 28 heavy (non-hydrogen) atoms. The molecule has 0 saturated carbocycles. The number of hydrogen-bond donors (Lipinski definition) is 1. The van der Waals surface area contributed by atoms with Crippen molar-refractivity contribution in [2.75, 3.05) is 12.4 Å². The molecule has 0 fully saturated rings. The van der Waals surface area contributed by atoms with Gasteiger partial charge in [-0.15, -0.1) is 0 Å². The van der Waals surface area contributed by atoms with Crippen LogP contribution in [0.1, 0.15) is 28.4 Å². The number of anilines is 1. The van der Waals surface area contributed by atoms with Crippen LogP contribution >= 0.6 is 0 Å². The maximum absolute atomic E-state index is 12.8. The molecule has 0 heterocycles. The van der Waals surface area contributed by atoms with Crippen LogP contribution in [0.4, 0.5) is 11.4 Å². The second-order valence-electron chi connectivity index (χ2n) is 6.24. The maximum atomic E-state index is 12.8. The third-order valence-corrected chi connectivity index (χ3v) is 4.41. The van der Waals surface area contributed by atoms with Crippen LogP contribution < -0.4 is 10.1 Å². The summed E-state index contributed by atoms with van der Waals surface area (Å²) >= 11 is 0. The molecule has 3 rings (SSSR count). The minimum Gasteiger partial charge on any atom is -0.495 e. The first kappa shape index (κ1) is 19.1. The minimum absolute atomic E-state index is 0.0171. The summed E-state index contributed by atoms with van der Waals surface area (Å²) in [6.07, 6.45) is 0.142. The van der Waals surface area contributed by atoms with E-state index in [0.29, 0.717) is 22.6 Å². The molecule has 0 spiro atoms. The summed E-state index contributed by atoms with van der Waals surface area (Å²) in [7, 11) is 1.57. The molecule has 0 saturated heterocycles. The number of nitrogens with one attached hydrogen (secondary N) is 1. The van der Waals surface area contributed by atoms with Crippen LogP contribution in [0.15, 0.2) is 78.9 Å². The smallest absolute Gasteiger partial charge is 0.269 e. The highest BCUT2D eigenvalue weighted by atomic mass is 16.6. The molecule has 0 amide bonds. The van der Waals surface area contributed by atoms with Gasteiger partial charge in [-0.2, -0.15) is 0 Å². The first-order chi connectivity index (χ1) is 13.6. The highest BCUT2D eigenvalue weighted by molar-refractivity contribution is 5.96. The number of carbonyl (C=O) groups excluding carboxylic acids is 1. The lowest BCUT2D eigenvalue weighted by Gasteiger charge is -2.21. The Kier molecular flexibility index (Phi) is 6.01. The van der Waals surface area contributed by atoms with Gasteiger partial charge in [0.05, 0.1) is 23.8 Å². The summed E-state index contributed by atoms with van der Waals surface area (Å²) in [5, 5.41) is 14.5. The molecule has 1 N–H and O–H groups in total. The molecule has 0 radical (unpaired) electrons. The maximum Gasteiger partial charge on any atom is 0.269 e. The van der Waals surface area contributed by atoms with Gasteiger partial charge in [0, 0.05) is 24.1 Å². The van der Waals surface area contributed by atoms with E-state index in [-0.39, 0.29) is 17.9 Å². The predicted molar refractivity (Wildman–Crippen MR) is 108 cm³/mol. The first-order valence-electron chi connectivity index (χ1n) is 8.80. The van der Waals surface area contributed by atoms with E-state index >= 15 is 0 Å². The number of para-hydroxylation sites is 2. The zero-order valence-electron chi connectivity index (χ0n) is 15.4. The van der Waals surface area contributed by atoms with E-state index in [9.17, 15) is 14.9 Å². The van der Waals surface area contributed by atoms with Crippen LogP contribution in [-0.2, 0) is 0 Å². The SMILES string of the molecule is COc1ccccc1N[C@H](CC(=O)c1ccccc1)c1cccc([N+](=O)[O-])c1. The van der Waals surface area contributed by atoms with E-state index in [1.165, 1.54) is 12.1 Å². The van der Waals surface area contributed by atoms with Crippen LogP contribution in [-0.4, -0.2) is 17.8 Å². The summed E-state index contributed by atoms with van der Waals surface area (Å²) in [6.45, 7) is 0. The molecule has 0 aromatic heterocycles. The lowest BCUT2D eigenvalue weighted by molar-refractivity contribution is -0.384. The lowest BCUT2D eigenvalue weighted by atomic mass is 9.97. The fourth-order valence-electron chi connectivity index (χ4n) is 2.99. The number of nitro groups is 1. The van der Waals surface area contributed by atoms with E-state index in [0.717, 1.165) is 0 Å². The molecule has 0 aliphatic carbocycles. The number of carbonyl (C=O) groups is 1. The van der Waals surface area contributed by atoms with E-state index in [1.54, 1.807) is 31.4 Å². The number of hydrogen-bond acceptors (Lipinski definition) is 5. The second-order valence-corrected chi connectivity index (χ2v) is 6.24. The number of Topliss-reactive ketones (excluding diaryl/α,β-unsaturated/α-hetero) is 1. The summed E-state index contributed by atoms with van der Waals surface area (Å²) in [5.41, 5.74) is 1.95. The number of benzene rings is 3. The Labute approximate surface area is 162 Å². The predicted octanol–water partition coefficient (Wildman–Crippen LogP) is 5.03. The molecule has 1 atom stereocenters. The van der Waals surface area contributed by atoms with Crippen molar-refractivity contribution in [3.63, 3.8) is 0 Å². The largest absolute Gasteiger partial charge is 0.495 e. The zero-order valence-corrected chi connectivity index (χ0v) is 15.4. The highest BCUT2D eigenvalue weighted by Gasteiger charge is 2.20. The summed E-state index contributed by atoms with van der Waals surface area (Å²) < 4.78 is 5.38. The van der Waals surface area contributed by atoms with Gasteiger partial charge in [0.25, 0.3) is 5.69 Å². The molecule has 6 heteroatoms. The van der Waals surface area contributed by atoms with Gasteiger partial charge in [0.15, 0.2) is 5.78 Å². The standard InChI is InChI=1S/C22H20N2O4/c1-28-22-13-6-5-12-19(22)23-20(15-21(25)16-8-3-2-4-9-16)17-10-7-11-18(14-17)24(26)27/h2-14,20,23H,15H2,1H3/t20-/m1/s1. The summed E-state index contributed by atoms with van der Waals surface area (Å²) in [6, 6.07) is 22.2. The third kappa shape index (κ3) is 4.54. The van der Waals surface area contributed by atoms with E-state index < -0.39 is 11.0 Å². The van der Waals surface area contributed by atoms with Gasteiger partial charge < -0.3 is 10.1 Å². The number of methoxy groups -OCH3 is 1. The number of ether oxygens (including phenoxy) is 1. The number of nitro benzene ring substituents is 1. The van der Waals surface area contributed by atoms with Gasteiger partial charge in [-0.1, -0.05) is 54.6 Å². The quantitative estimate of drug-likeness (QED) is 0.339. The van der Waals surface area contributed by atoms with Gasteiger partial charge in [0.2, 0.25) is 0 Å². The van der Waals surface area contributed by atoms with Crippen molar-refractivity contribution in [3.05, 3.63) is 100 Å². The van der Waals surface area contributed by atoms with E-state index in [1.807, 2.05) is 42.5 Å². The van der Waals surface area contributed by atoms with Crippen molar-refractivity contribution in [2.24, 2.45) is 0 Å². The molecule has 0 unspecified atom stereocenters. The van der Waals surface area contributed by atoms with Crippen LogP contribution in [0, 0.1) is 10.1 Å². The van der Waals surface area contributed by atoms with Crippen LogP contribution in [0.25, 0.3) is 0 Å². The van der Waals surface area contributed by atoms with Crippen molar-refractivity contribution in [1.82, 2.24) is 0 Å². The van der Waals surface area contributed by atoms with Gasteiger partial charge in [0.1, 0.15) is 5.75 Å². The Hall–Kier alpha value is -3.67. The zero-order chi connectivity index (χ0) is 19.9. The Bertz CT molecular complexity index is 973. The first-order valence-corrected chi connectivity index (χ1v) is 8.80. The molecule has 142 valence electrons. The van der Waals surface area contributed by atoms with Gasteiger partial charge >= 0.3 is 0 Å². The van der Waals surface area contributed by atoms with Crippen molar-refractivity contribution < 1.29 is 14.5 Å². The molecular weight excluding hydrogens is 356 g/mol. The average molecular weight is 376 g/mol. The van der Waals surface area contributed by atoms with Crippen LogP contribution in [0.5, 0.6) is 5.75 Å². The Morgan fingerprint density at radius 1 is 1.04 bits per heavy atom. The lowest BCUT2D eigenvalue weighted by Crippen LogP contribution is -2.16. The number of nitrogens with zero attached hydrogens (tertiary/aromatic N) is 1. The molecule has 3 aromatic rings. The fraction of sp³-hybridized carbons (Fsp3) is 0.136. The summed E-state index contributed by atoms with van der Waals surface area (Å²) in [4.78, 5) is 23.5. The van der Waals surface area contributed by atoms with Crippen molar-refractivity contribution >= 4 is 17.2 Å². The third-order valence-electron chi connectivity index (χ3n) is 4.41. The second kappa shape index (κ2) is 8.81.